The molecule has 0 aliphatic carbocycles. The van der Waals surface area contributed by atoms with E-state index in [0.717, 1.165) is 11.6 Å². The Morgan fingerprint density at radius 3 is 2.31 bits per heavy atom. The van der Waals surface area contributed by atoms with Gasteiger partial charge in [-0.3, -0.25) is 4.98 Å². The van der Waals surface area contributed by atoms with Gasteiger partial charge < -0.3 is 10.2 Å². The molecule has 2 aromatic carbocycles. The highest BCUT2D eigenvalue weighted by Crippen LogP contribution is 2.43. The number of benzene rings is 2. The highest BCUT2D eigenvalue weighted by Gasteiger charge is 2.43. The SMILES string of the molecule is CCS(=O)(=O)c1ccc(CNC(=O)N2CC(c3ccccc3)C(c3ncccc3C(F)(F)F)C2)cc1. The van der Waals surface area contributed by atoms with Crippen LogP contribution in [0.1, 0.15) is 41.1 Å². The number of nitrogens with one attached hydrogen (secondary N) is 1. The van der Waals surface area contributed by atoms with Crippen molar-refractivity contribution in [2.24, 2.45) is 0 Å². The fourth-order valence-electron chi connectivity index (χ4n) is 4.51. The Hall–Kier alpha value is -3.40. The normalized spacial score (nSPS) is 18.3. The molecule has 0 radical (unpaired) electrons. The van der Waals surface area contributed by atoms with Crippen molar-refractivity contribution in [1.82, 2.24) is 15.2 Å². The maximum atomic E-state index is 13.7. The molecule has 1 aliphatic heterocycles. The van der Waals surface area contributed by atoms with Gasteiger partial charge in [0.15, 0.2) is 9.84 Å². The zero-order chi connectivity index (χ0) is 25.9. The van der Waals surface area contributed by atoms with Crippen LogP contribution in [0.5, 0.6) is 0 Å². The molecule has 2 heterocycles. The zero-order valence-corrected chi connectivity index (χ0v) is 20.4. The van der Waals surface area contributed by atoms with Gasteiger partial charge in [-0.25, -0.2) is 13.2 Å². The van der Waals surface area contributed by atoms with Gasteiger partial charge in [0.25, 0.3) is 0 Å². The van der Waals surface area contributed by atoms with E-state index >= 15 is 0 Å². The second kappa shape index (κ2) is 10.3. The first-order chi connectivity index (χ1) is 17.1. The molecule has 1 N–H and O–H groups in total. The summed E-state index contributed by atoms with van der Waals surface area (Å²) in [7, 11) is -3.32. The standard InChI is InChI=1S/C26H26F3N3O3S/c1-2-36(34,35)20-12-10-18(11-13-20)15-31-25(33)32-16-21(19-7-4-3-5-8-19)22(17-32)24-23(26(27,28)29)9-6-14-30-24/h3-14,21-22H,2,15-17H2,1H3,(H,31,33). The molecule has 1 aliphatic rings. The number of aromatic nitrogens is 1. The van der Waals surface area contributed by atoms with E-state index in [0.29, 0.717) is 5.56 Å². The largest absolute Gasteiger partial charge is 0.418 e. The monoisotopic (exact) mass is 517 g/mol. The highest BCUT2D eigenvalue weighted by molar-refractivity contribution is 7.91. The van der Waals surface area contributed by atoms with E-state index in [9.17, 15) is 26.4 Å². The molecule has 1 aromatic heterocycles. The van der Waals surface area contributed by atoms with Crippen molar-refractivity contribution in [1.29, 1.82) is 0 Å². The van der Waals surface area contributed by atoms with Gasteiger partial charge >= 0.3 is 12.2 Å². The Balaban J connectivity index is 1.53. The van der Waals surface area contributed by atoms with Crippen LogP contribution in [0, 0.1) is 0 Å². The number of sulfone groups is 1. The number of alkyl halides is 3. The lowest BCUT2D eigenvalue weighted by atomic mass is 9.85. The molecule has 10 heteroatoms. The number of nitrogens with zero attached hydrogens (tertiary/aromatic N) is 2. The lowest BCUT2D eigenvalue weighted by Gasteiger charge is -2.21. The molecule has 3 aromatic rings. The van der Waals surface area contributed by atoms with Gasteiger partial charge in [0.1, 0.15) is 0 Å². The van der Waals surface area contributed by atoms with Crippen LogP contribution in [0.3, 0.4) is 0 Å². The van der Waals surface area contributed by atoms with Crippen LogP contribution in [-0.2, 0) is 22.6 Å². The lowest BCUT2D eigenvalue weighted by Crippen LogP contribution is -2.38. The summed E-state index contributed by atoms with van der Waals surface area (Å²) in [5.41, 5.74) is 0.685. The lowest BCUT2D eigenvalue weighted by molar-refractivity contribution is -0.138. The molecule has 0 bridgehead atoms. The minimum Gasteiger partial charge on any atom is -0.334 e. The molecule has 2 atom stereocenters. The third-order valence-electron chi connectivity index (χ3n) is 6.44. The molecular formula is C26H26F3N3O3S. The van der Waals surface area contributed by atoms with Crippen LogP contribution in [0.2, 0.25) is 0 Å². The molecule has 36 heavy (non-hydrogen) atoms. The summed E-state index contributed by atoms with van der Waals surface area (Å²) >= 11 is 0. The Bertz CT molecular complexity index is 1310. The number of likely N-dealkylation sites (tertiary alicyclic amines) is 1. The molecule has 1 fully saturated rings. The Kier molecular flexibility index (Phi) is 7.35. The van der Waals surface area contributed by atoms with Crippen LogP contribution in [0.15, 0.2) is 77.8 Å². The van der Waals surface area contributed by atoms with Gasteiger partial charge in [-0.15, -0.1) is 0 Å². The van der Waals surface area contributed by atoms with Gasteiger partial charge in [0, 0.05) is 37.7 Å². The number of amides is 2. The Morgan fingerprint density at radius 2 is 1.67 bits per heavy atom. The van der Waals surface area contributed by atoms with Crippen molar-refractivity contribution >= 4 is 15.9 Å². The molecule has 0 spiro atoms. The Labute approximate surface area is 208 Å². The van der Waals surface area contributed by atoms with Crippen molar-refractivity contribution in [3.05, 3.63) is 95.3 Å². The van der Waals surface area contributed by atoms with Crippen molar-refractivity contribution in [2.45, 2.75) is 36.4 Å². The smallest absolute Gasteiger partial charge is 0.334 e. The van der Waals surface area contributed by atoms with Crippen molar-refractivity contribution in [3.8, 4) is 0 Å². The van der Waals surface area contributed by atoms with Crippen LogP contribution in [-0.4, -0.2) is 43.2 Å². The summed E-state index contributed by atoms with van der Waals surface area (Å²) in [5, 5.41) is 2.80. The van der Waals surface area contributed by atoms with E-state index in [1.165, 1.54) is 29.3 Å². The van der Waals surface area contributed by atoms with Crippen molar-refractivity contribution in [2.75, 3.05) is 18.8 Å². The van der Waals surface area contributed by atoms with E-state index in [2.05, 4.69) is 10.3 Å². The summed E-state index contributed by atoms with van der Waals surface area (Å²) < 4.78 is 65.2. The third kappa shape index (κ3) is 5.53. The number of carbonyl (C=O) groups excluding carboxylic acids is 1. The molecule has 6 nitrogen and oxygen atoms in total. The van der Waals surface area contributed by atoms with E-state index in [1.807, 2.05) is 30.3 Å². The molecule has 1 saturated heterocycles. The summed E-state index contributed by atoms with van der Waals surface area (Å²) in [6, 6.07) is 17.3. The number of pyridine rings is 1. The minimum absolute atomic E-state index is 0.00584. The van der Waals surface area contributed by atoms with Gasteiger partial charge in [-0.05, 0) is 35.4 Å². The zero-order valence-electron chi connectivity index (χ0n) is 19.6. The maximum Gasteiger partial charge on any atom is 0.418 e. The van der Waals surface area contributed by atoms with Gasteiger partial charge in [0.2, 0.25) is 0 Å². The van der Waals surface area contributed by atoms with Gasteiger partial charge in [0.05, 0.1) is 21.9 Å². The van der Waals surface area contributed by atoms with E-state index in [4.69, 9.17) is 0 Å². The molecule has 2 unspecified atom stereocenters. The predicted octanol–water partition coefficient (Wildman–Crippen LogP) is 4.99. The van der Waals surface area contributed by atoms with Crippen molar-refractivity contribution < 1.29 is 26.4 Å². The summed E-state index contributed by atoms with van der Waals surface area (Å²) in [6.07, 6.45) is -3.21. The van der Waals surface area contributed by atoms with Crippen molar-refractivity contribution in [3.63, 3.8) is 0 Å². The second-order valence-electron chi connectivity index (χ2n) is 8.67. The van der Waals surface area contributed by atoms with Crippen LogP contribution >= 0.6 is 0 Å². The number of hydrogen-bond donors (Lipinski definition) is 1. The Morgan fingerprint density at radius 1 is 1.00 bits per heavy atom. The number of urea groups is 1. The van der Waals surface area contributed by atoms with Gasteiger partial charge in [-0.1, -0.05) is 49.4 Å². The average Bonchev–Trinajstić information content (AvgIpc) is 3.33. The molecule has 0 saturated carbocycles. The topological polar surface area (TPSA) is 79.4 Å². The number of halogens is 3. The number of rotatable bonds is 6. The quantitative estimate of drug-likeness (QED) is 0.500. The molecular weight excluding hydrogens is 491 g/mol. The van der Waals surface area contributed by atoms with Crippen LogP contribution in [0.25, 0.3) is 0 Å². The summed E-state index contributed by atoms with van der Waals surface area (Å²) in [6.45, 7) is 2.04. The van der Waals surface area contributed by atoms with E-state index in [-0.39, 0.29) is 41.9 Å². The van der Waals surface area contributed by atoms with Crippen LogP contribution < -0.4 is 5.32 Å². The second-order valence-corrected chi connectivity index (χ2v) is 10.9. The molecule has 190 valence electrons. The van der Waals surface area contributed by atoms with E-state index < -0.39 is 33.5 Å². The first-order valence-electron chi connectivity index (χ1n) is 11.5. The van der Waals surface area contributed by atoms with Gasteiger partial charge in [-0.2, -0.15) is 13.2 Å². The fourth-order valence-corrected chi connectivity index (χ4v) is 5.39. The number of carbonyl (C=O) groups is 1. The fraction of sp³-hybridized carbons (Fsp3) is 0.308. The third-order valence-corrected chi connectivity index (χ3v) is 8.19. The minimum atomic E-state index is -4.56. The molecule has 4 rings (SSSR count). The predicted molar refractivity (Wildman–Crippen MR) is 129 cm³/mol. The maximum absolute atomic E-state index is 13.7. The first-order valence-corrected chi connectivity index (χ1v) is 13.2. The summed E-state index contributed by atoms with van der Waals surface area (Å²) in [5.74, 6) is -0.991. The number of hydrogen-bond acceptors (Lipinski definition) is 4. The first kappa shape index (κ1) is 25.7. The molecule has 2 amide bonds. The van der Waals surface area contributed by atoms with E-state index in [1.54, 1.807) is 19.1 Å². The average molecular weight is 518 g/mol. The van der Waals surface area contributed by atoms with Crippen LogP contribution in [0.4, 0.5) is 18.0 Å². The summed E-state index contributed by atoms with van der Waals surface area (Å²) in [4.78, 5) is 18.8. The highest BCUT2D eigenvalue weighted by atomic mass is 32.2.